The standard InChI is InChI=1S/C21H20ClN3O2S/c1-13-4-7-18(17(22)10-13)23-19(26)12-28-20-8-9-21(27)25(24-20)16-6-5-14(2)15(3)11-16/h4-11H,12H2,1-3H3,(H,23,26). The van der Waals surface area contributed by atoms with Gasteiger partial charge in [-0.15, -0.1) is 0 Å². The van der Waals surface area contributed by atoms with E-state index in [0.29, 0.717) is 21.4 Å². The van der Waals surface area contributed by atoms with Crippen LogP contribution in [0, 0.1) is 20.8 Å². The van der Waals surface area contributed by atoms with Gasteiger partial charge in [-0.1, -0.05) is 35.5 Å². The Balaban J connectivity index is 1.71. The lowest BCUT2D eigenvalue weighted by Gasteiger charge is -2.10. The van der Waals surface area contributed by atoms with Crippen molar-refractivity contribution in [1.29, 1.82) is 0 Å². The third-order valence-electron chi connectivity index (χ3n) is 4.26. The molecule has 0 radical (unpaired) electrons. The Morgan fingerprint density at radius 2 is 1.86 bits per heavy atom. The maximum absolute atomic E-state index is 12.2. The van der Waals surface area contributed by atoms with E-state index < -0.39 is 0 Å². The summed E-state index contributed by atoms with van der Waals surface area (Å²) in [6.45, 7) is 5.94. The fourth-order valence-corrected chi connectivity index (χ4v) is 3.50. The van der Waals surface area contributed by atoms with Gasteiger partial charge in [0.2, 0.25) is 5.91 Å². The van der Waals surface area contributed by atoms with E-state index in [2.05, 4.69) is 10.4 Å². The maximum atomic E-state index is 12.2. The van der Waals surface area contributed by atoms with Crippen LogP contribution in [0.5, 0.6) is 0 Å². The van der Waals surface area contributed by atoms with Crippen LogP contribution in [0.15, 0.2) is 58.4 Å². The second-order valence-corrected chi connectivity index (χ2v) is 7.91. The van der Waals surface area contributed by atoms with Crippen molar-refractivity contribution >= 4 is 35.0 Å². The molecule has 2 aromatic carbocycles. The number of hydrogen-bond acceptors (Lipinski definition) is 4. The number of anilines is 1. The van der Waals surface area contributed by atoms with Crippen LogP contribution in [0.2, 0.25) is 5.02 Å². The summed E-state index contributed by atoms with van der Waals surface area (Å²) in [6.07, 6.45) is 0. The van der Waals surface area contributed by atoms with Gasteiger partial charge >= 0.3 is 0 Å². The monoisotopic (exact) mass is 413 g/mol. The molecule has 3 aromatic rings. The van der Waals surface area contributed by atoms with E-state index in [0.717, 1.165) is 16.7 Å². The van der Waals surface area contributed by atoms with E-state index >= 15 is 0 Å². The van der Waals surface area contributed by atoms with Gasteiger partial charge in [-0.25, -0.2) is 0 Å². The number of nitrogens with zero attached hydrogens (tertiary/aromatic N) is 2. The van der Waals surface area contributed by atoms with Gasteiger partial charge < -0.3 is 5.32 Å². The fourth-order valence-electron chi connectivity index (χ4n) is 2.56. The summed E-state index contributed by atoms with van der Waals surface area (Å²) in [7, 11) is 0. The number of halogens is 1. The van der Waals surface area contributed by atoms with Gasteiger partial charge in [-0.05, 0) is 67.8 Å². The van der Waals surface area contributed by atoms with Gasteiger partial charge in [0.05, 0.1) is 22.2 Å². The number of thioether (sulfide) groups is 1. The Morgan fingerprint density at radius 3 is 2.57 bits per heavy atom. The van der Waals surface area contributed by atoms with E-state index in [1.54, 1.807) is 18.2 Å². The average Bonchev–Trinajstić information content (AvgIpc) is 2.66. The van der Waals surface area contributed by atoms with Gasteiger partial charge in [-0.2, -0.15) is 9.78 Å². The highest BCUT2D eigenvalue weighted by atomic mass is 35.5. The zero-order valence-electron chi connectivity index (χ0n) is 15.8. The molecule has 3 rings (SSSR count). The van der Waals surface area contributed by atoms with Crippen LogP contribution >= 0.6 is 23.4 Å². The first-order chi connectivity index (χ1) is 13.3. The minimum Gasteiger partial charge on any atom is -0.324 e. The molecule has 1 heterocycles. The number of aromatic nitrogens is 2. The lowest BCUT2D eigenvalue weighted by Crippen LogP contribution is -2.21. The molecule has 0 spiro atoms. The quantitative estimate of drug-likeness (QED) is 0.623. The van der Waals surface area contributed by atoms with E-state index in [1.165, 1.54) is 22.5 Å². The summed E-state index contributed by atoms with van der Waals surface area (Å²) < 4.78 is 1.35. The van der Waals surface area contributed by atoms with Crippen LogP contribution in [0.3, 0.4) is 0 Å². The summed E-state index contributed by atoms with van der Waals surface area (Å²) in [4.78, 5) is 24.4. The van der Waals surface area contributed by atoms with Gasteiger partial charge in [0.25, 0.3) is 5.56 Å². The molecule has 1 N–H and O–H groups in total. The number of carbonyl (C=O) groups excluding carboxylic acids is 1. The SMILES string of the molecule is Cc1ccc(NC(=O)CSc2ccc(=O)n(-c3ccc(C)c(C)c3)n2)c(Cl)c1. The molecule has 28 heavy (non-hydrogen) atoms. The largest absolute Gasteiger partial charge is 0.324 e. The van der Waals surface area contributed by atoms with Crippen molar-refractivity contribution in [1.82, 2.24) is 9.78 Å². The Morgan fingerprint density at radius 1 is 1.07 bits per heavy atom. The van der Waals surface area contributed by atoms with Crippen molar-refractivity contribution in [3.63, 3.8) is 0 Å². The van der Waals surface area contributed by atoms with Gasteiger partial charge in [0.1, 0.15) is 5.03 Å². The molecular weight excluding hydrogens is 394 g/mol. The number of amides is 1. The zero-order chi connectivity index (χ0) is 20.3. The van der Waals surface area contributed by atoms with Crippen molar-refractivity contribution in [3.8, 4) is 5.69 Å². The van der Waals surface area contributed by atoms with Gasteiger partial charge in [0, 0.05) is 6.07 Å². The van der Waals surface area contributed by atoms with Crippen LogP contribution in [-0.4, -0.2) is 21.4 Å². The third-order valence-corrected chi connectivity index (χ3v) is 5.49. The molecule has 1 amide bonds. The van der Waals surface area contributed by atoms with Crippen LogP contribution < -0.4 is 10.9 Å². The minimum atomic E-state index is -0.219. The summed E-state index contributed by atoms with van der Waals surface area (Å²) in [5.41, 5.74) is 4.31. The molecular formula is C21H20ClN3O2S. The zero-order valence-corrected chi connectivity index (χ0v) is 17.4. The topological polar surface area (TPSA) is 64.0 Å². The molecule has 144 valence electrons. The first-order valence-corrected chi connectivity index (χ1v) is 10.1. The molecule has 0 aliphatic carbocycles. The van der Waals surface area contributed by atoms with E-state index in [9.17, 15) is 9.59 Å². The van der Waals surface area contributed by atoms with E-state index in [4.69, 9.17) is 11.6 Å². The fraction of sp³-hybridized carbons (Fsp3) is 0.190. The molecule has 1 aromatic heterocycles. The molecule has 0 saturated carbocycles. The highest BCUT2D eigenvalue weighted by Crippen LogP contribution is 2.23. The van der Waals surface area contributed by atoms with Crippen LogP contribution in [0.4, 0.5) is 5.69 Å². The minimum absolute atomic E-state index is 0.155. The Bertz CT molecular complexity index is 1100. The molecule has 0 unspecified atom stereocenters. The summed E-state index contributed by atoms with van der Waals surface area (Å²) >= 11 is 7.40. The first-order valence-electron chi connectivity index (χ1n) is 8.70. The number of aryl methyl sites for hydroxylation is 3. The van der Waals surface area contributed by atoms with Crippen molar-refractivity contribution in [2.75, 3.05) is 11.1 Å². The lowest BCUT2D eigenvalue weighted by molar-refractivity contribution is -0.113. The number of rotatable bonds is 5. The maximum Gasteiger partial charge on any atom is 0.271 e. The molecule has 0 bridgehead atoms. The smallest absolute Gasteiger partial charge is 0.271 e. The van der Waals surface area contributed by atoms with Crippen molar-refractivity contribution in [2.24, 2.45) is 0 Å². The predicted octanol–water partition coefficient (Wildman–Crippen LogP) is 4.54. The predicted molar refractivity (Wildman–Crippen MR) is 115 cm³/mol. The first kappa shape index (κ1) is 20.2. The molecule has 0 atom stereocenters. The summed E-state index contributed by atoms with van der Waals surface area (Å²) in [5, 5.41) is 8.26. The van der Waals surface area contributed by atoms with E-state index in [-0.39, 0.29) is 17.2 Å². The highest BCUT2D eigenvalue weighted by molar-refractivity contribution is 7.99. The van der Waals surface area contributed by atoms with E-state index in [1.807, 2.05) is 45.0 Å². The van der Waals surface area contributed by atoms with Crippen LogP contribution in [-0.2, 0) is 4.79 Å². The van der Waals surface area contributed by atoms with Crippen molar-refractivity contribution in [3.05, 3.63) is 80.6 Å². The second kappa shape index (κ2) is 8.63. The number of hydrogen-bond donors (Lipinski definition) is 1. The average molecular weight is 414 g/mol. The number of benzene rings is 2. The molecule has 5 nitrogen and oxygen atoms in total. The summed E-state index contributed by atoms with van der Waals surface area (Å²) in [5.74, 6) is -0.0380. The normalized spacial score (nSPS) is 10.7. The molecule has 7 heteroatoms. The Kier molecular flexibility index (Phi) is 6.21. The van der Waals surface area contributed by atoms with Crippen molar-refractivity contribution in [2.45, 2.75) is 25.8 Å². The van der Waals surface area contributed by atoms with Gasteiger partial charge in [-0.3, -0.25) is 9.59 Å². The molecule has 0 aliphatic rings. The molecule has 0 saturated heterocycles. The second-order valence-electron chi connectivity index (χ2n) is 6.51. The summed E-state index contributed by atoms with van der Waals surface area (Å²) in [6, 6.07) is 14.3. The third kappa shape index (κ3) is 4.82. The highest BCUT2D eigenvalue weighted by Gasteiger charge is 2.10. The lowest BCUT2D eigenvalue weighted by atomic mass is 10.1. The molecule has 0 aliphatic heterocycles. The Labute approximate surface area is 172 Å². The number of nitrogens with one attached hydrogen (secondary N) is 1. The Hall–Kier alpha value is -2.57. The van der Waals surface area contributed by atoms with Gasteiger partial charge in [0.15, 0.2) is 0 Å². The number of carbonyl (C=O) groups is 1. The van der Waals surface area contributed by atoms with Crippen molar-refractivity contribution < 1.29 is 4.79 Å². The van der Waals surface area contributed by atoms with Crippen LogP contribution in [0.1, 0.15) is 16.7 Å². The molecule has 0 fully saturated rings. The van der Waals surface area contributed by atoms with Crippen LogP contribution in [0.25, 0.3) is 5.69 Å².